The predicted molar refractivity (Wildman–Crippen MR) is 130 cm³/mol. The number of aromatic amines is 1. The minimum Gasteiger partial charge on any atom is -0.453 e. The summed E-state index contributed by atoms with van der Waals surface area (Å²) in [5, 5.41) is 13.6. The Hall–Kier alpha value is -3.99. The standard InChI is InChI=1S/C28H23F3N4O/c29-17-11-19-21(14-33-26(19)22(30)12-17)25-20(13-32)27(36-18-4-2-1-3-5-18)24(31)28(35-25)34-23-10-15-6-8-16(23)9-7-15/h1-5,11-12,14-16,23,33H,6-10H2,(H,34,35). The number of hydrogen-bond donors (Lipinski definition) is 2. The second-order valence-electron chi connectivity index (χ2n) is 9.63. The summed E-state index contributed by atoms with van der Waals surface area (Å²) >= 11 is 0. The first-order chi connectivity index (χ1) is 17.5. The molecule has 1 atom stereocenters. The maximum Gasteiger partial charge on any atom is 0.209 e. The fourth-order valence-corrected chi connectivity index (χ4v) is 5.72. The molecule has 2 bridgehead atoms. The Balaban J connectivity index is 1.53. The summed E-state index contributed by atoms with van der Waals surface area (Å²) in [6, 6.07) is 12.6. The lowest BCUT2D eigenvalue weighted by atomic mass is 9.68. The molecule has 0 amide bonds. The number of para-hydroxylation sites is 1. The van der Waals surface area contributed by atoms with E-state index >= 15 is 4.39 Å². The van der Waals surface area contributed by atoms with E-state index < -0.39 is 17.5 Å². The van der Waals surface area contributed by atoms with Crippen molar-refractivity contribution in [3.63, 3.8) is 0 Å². The molecule has 2 aromatic heterocycles. The van der Waals surface area contributed by atoms with Crippen molar-refractivity contribution in [1.29, 1.82) is 5.26 Å². The van der Waals surface area contributed by atoms with Gasteiger partial charge in [-0.2, -0.15) is 9.65 Å². The lowest BCUT2D eigenvalue weighted by molar-refractivity contribution is 0.157. The van der Waals surface area contributed by atoms with Crippen LogP contribution >= 0.6 is 0 Å². The second kappa shape index (κ2) is 8.90. The van der Waals surface area contributed by atoms with Crippen molar-refractivity contribution in [2.75, 3.05) is 5.32 Å². The van der Waals surface area contributed by atoms with E-state index in [1.165, 1.54) is 25.1 Å². The molecule has 0 spiro atoms. The highest BCUT2D eigenvalue weighted by Gasteiger charge is 2.37. The Morgan fingerprint density at radius 1 is 1.06 bits per heavy atom. The summed E-state index contributed by atoms with van der Waals surface area (Å²) in [7, 11) is 0. The molecule has 182 valence electrons. The number of H-pyrrole nitrogens is 1. The van der Waals surface area contributed by atoms with Crippen molar-refractivity contribution in [3.8, 4) is 28.8 Å². The van der Waals surface area contributed by atoms with Crippen LogP contribution in [0.1, 0.15) is 37.7 Å². The lowest BCUT2D eigenvalue weighted by Crippen LogP contribution is -2.40. The molecule has 3 aliphatic rings. The maximum absolute atomic E-state index is 15.9. The molecule has 2 aromatic carbocycles. The van der Waals surface area contributed by atoms with E-state index in [0.717, 1.165) is 25.3 Å². The molecule has 4 aromatic rings. The van der Waals surface area contributed by atoms with E-state index in [9.17, 15) is 14.0 Å². The molecular formula is C28H23F3N4O. The molecule has 36 heavy (non-hydrogen) atoms. The summed E-state index contributed by atoms with van der Waals surface area (Å²) in [5.74, 6) is -1.23. The van der Waals surface area contributed by atoms with Crippen LogP contribution in [-0.2, 0) is 0 Å². The largest absolute Gasteiger partial charge is 0.453 e. The van der Waals surface area contributed by atoms with Gasteiger partial charge < -0.3 is 15.0 Å². The van der Waals surface area contributed by atoms with E-state index in [1.54, 1.807) is 30.3 Å². The summed E-state index contributed by atoms with van der Waals surface area (Å²) in [4.78, 5) is 7.32. The highest BCUT2D eigenvalue weighted by atomic mass is 19.1. The van der Waals surface area contributed by atoms with Gasteiger partial charge in [-0.3, -0.25) is 0 Å². The van der Waals surface area contributed by atoms with E-state index in [0.29, 0.717) is 17.6 Å². The van der Waals surface area contributed by atoms with Crippen LogP contribution < -0.4 is 10.1 Å². The van der Waals surface area contributed by atoms with Crippen LogP contribution in [0, 0.1) is 40.6 Å². The topological polar surface area (TPSA) is 73.7 Å². The molecular weight excluding hydrogens is 465 g/mol. The third-order valence-electron chi connectivity index (χ3n) is 7.50. The molecule has 3 saturated carbocycles. The minimum atomic E-state index is -0.769. The number of halogens is 3. The van der Waals surface area contributed by atoms with Gasteiger partial charge in [-0.1, -0.05) is 31.0 Å². The number of ether oxygens (including phenoxy) is 1. The maximum atomic E-state index is 15.9. The zero-order chi connectivity index (χ0) is 24.8. The quantitative estimate of drug-likeness (QED) is 0.309. The van der Waals surface area contributed by atoms with Crippen LogP contribution in [0.3, 0.4) is 0 Å². The number of benzene rings is 2. The highest BCUT2D eigenvalue weighted by molar-refractivity contribution is 5.97. The van der Waals surface area contributed by atoms with Crippen LogP contribution in [0.5, 0.6) is 11.5 Å². The zero-order valence-corrected chi connectivity index (χ0v) is 19.3. The number of fused-ring (bicyclic) bond motifs is 4. The number of aromatic nitrogens is 2. The van der Waals surface area contributed by atoms with E-state index in [1.807, 2.05) is 6.07 Å². The Bertz CT molecular complexity index is 1490. The van der Waals surface area contributed by atoms with Crippen LogP contribution in [0.2, 0.25) is 0 Å². The fourth-order valence-electron chi connectivity index (χ4n) is 5.72. The molecule has 0 radical (unpaired) electrons. The van der Waals surface area contributed by atoms with Crippen molar-refractivity contribution in [1.82, 2.24) is 9.97 Å². The smallest absolute Gasteiger partial charge is 0.209 e. The van der Waals surface area contributed by atoms with Crippen LogP contribution in [0.4, 0.5) is 19.0 Å². The Morgan fingerprint density at radius 3 is 2.53 bits per heavy atom. The average Bonchev–Trinajstić information content (AvgIpc) is 3.31. The minimum absolute atomic E-state index is 0.0290. The molecule has 0 aliphatic heterocycles. The van der Waals surface area contributed by atoms with Gasteiger partial charge in [-0.05, 0) is 49.3 Å². The number of pyridine rings is 1. The number of rotatable bonds is 5. The molecule has 3 aliphatic carbocycles. The zero-order valence-electron chi connectivity index (χ0n) is 19.3. The molecule has 5 nitrogen and oxygen atoms in total. The number of anilines is 1. The van der Waals surface area contributed by atoms with Crippen LogP contribution in [-0.4, -0.2) is 16.0 Å². The molecule has 1 unspecified atom stereocenters. The van der Waals surface area contributed by atoms with Crippen LogP contribution in [0.25, 0.3) is 22.2 Å². The van der Waals surface area contributed by atoms with Crippen molar-refractivity contribution < 1.29 is 17.9 Å². The predicted octanol–water partition coefficient (Wildman–Crippen LogP) is 7.30. The lowest BCUT2D eigenvalue weighted by Gasteiger charge is -2.42. The first-order valence-electron chi connectivity index (χ1n) is 12.1. The van der Waals surface area contributed by atoms with Gasteiger partial charge in [0.15, 0.2) is 11.6 Å². The summed E-state index contributed by atoms with van der Waals surface area (Å²) in [6.07, 6.45) is 6.92. The number of nitrogens with zero attached hydrogens (tertiary/aromatic N) is 2. The van der Waals surface area contributed by atoms with Crippen molar-refractivity contribution in [2.45, 2.75) is 38.1 Å². The van der Waals surface area contributed by atoms with E-state index in [4.69, 9.17) is 4.74 Å². The number of nitriles is 1. The molecule has 3 fully saturated rings. The van der Waals surface area contributed by atoms with E-state index in [-0.39, 0.29) is 45.3 Å². The van der Waals surface area contributed by atoms with Gasteiger partial charge in [-0.15, -0.1) is 0 Å². The Morgan fingerprint density at radius 2 is 1.83 bits per heavy atom. The Kier molecular flexibility index (Phi) is 5.56. The highest BCUT2D eigenvalue weighted by Crippen LogP contribution is 2.44. The Labute approximate surface area is 205 Å². The number of nitrogens with one attached hydrogen (secondary N) is 2. The molecule has 2 N–H and O–H groups in total. The third-order valence-corrected chi connectivity index (χ3v) is 7.50. The molecule has 7 rings (SSSR count). The van der Waals surface area contributed by atoms with Gasteiger partial charge in [0.25, 0.3) is 0 Å². The van der Waals surface area contributed by atoms with Gasteiger partial charge >= 0.3 is 0 Å². The summed E-state index contributed by atoms with van der Waals surface area (Å²) in [6.45, 7) is 0. The van der Waals surface area contributed by atoms with Gasteiger partial charge in [0, 0.05) is 29.3 Å². The number of hydrogen-bond acceptors (Lipinski definition) is 4. The second-order valence-corrected chi connectivity index (χ2v) is 9.63. The SMILES string of the molecule is N#Cc1c(-c2c[nH]c3c(F)cc(F)cc23)nc(NC2CC3CCC2CC3)c(F)c1Oc1ccccc1. The van der Waals surface area contributed by atoms with Crippen molar-refractivity contribution in [3.05, 3.63) is 71.7 Å². The fraction of sp³-hybridized carbons (Fsp3) is 0.286. The van der Waals surface area contributed by atoms with Crippen molar-refractivity contribution >= 4 is 16.7 Å². The van der Waals surface area contributed by atoms with Crippen molar-refractivity contribution in [2.24, 2.45) is 11.8 Å². The van der Waals surface area contributed by atoms with Gasteiger partial charge in [0.1, 0.15) is 29.0 Å². The van der Waals surface area contributed by atoms with Crippen LogP contribution in [0.15, 0.2) is 48.7 Å². The molecule has 2 heterocycles. The monoisotopic (exact) mass is 488 g/mol. The van der Waals surface area contributed by atoms with Gasteiger partial charge in [0.05, 0.1) is 11.2 Å². The molecule has 0 saturated heterocycles. The summed E-state index contributed by atoms with van der Waals surface area (Å²) < 4.78 is 50.4. The van der Waals surface area contributed by atoms with Gasteiger partial charge in [0.2, 0.25) is 5.82 Å². The summed E-state index contributed by atoms with van der Waals surface area (Å²) in [5.41, 5.74) is 0.291. The first-order valence-corrected chi connectivity index (χ1v) is 12.1. The first kappa shape index (κ1) is 22.5. The third kappa shape index (κ3) is 3.85. The molecule has 8 heteroatoms. The normalized spacial score (nSPS) is 20.9. The van der Waals surface area contributed by atoms with Gasteiger partial charge in [-0.25, -0.2) is 13.8 Å². The average molecular weight is 489 g/mol. The van der Waals surface area contributed by atoms with E-state index in [2.05, 4.69) is 15.3 Å².